The molecule has 21 heavy (non-hydrogen) atoms. The number of carbonyl (C=O) groups is 2. The van der Waals surface area contributed by atoms with Crippen LogP contribution in [0.3, 0.4) is 0 Å². The van der Waals surface area contributed by atoms with Crippen molar-refractivity contribution in [3.05, 3.63) is 0 Å². The average molecular weight is 302 g/mol. The Morgan fingerprint density at radius 2 is 1.62 bits per heavy atom. The van der Waals surface area contributed by atoms with Gasteiger partial charge in [-0.2, -0.15) is 0 Å². The van der Waals surface area contributed by atoms with Crippen LogP contribution in [-0.2, 0) is 4.74 Å². The van der Waals surface area contributed by atoms with Crippen molar-refractivity contribution in [3.63, 3.8) is 0 Å². The van der Waals surface area contributed by atoms with E-state index in [0.29, 0.717) is 13.0 Å². The van der Waals surface area contributed by atoms with Crippen molar-refractivity contribution in [3.8, 4) is 0 Å². The number of carbonyl (C=O) groups excluding carboxylic acids is 1. The molecule has 0 saturated carbocycles. The van der Waals surface area contributed by atoms with Gasteiger partial charge in [-0.3, -0.25) is 5.32 Å². The summed E-state index contributed by atoms with van der Waals surface area (Å²) in [5, 5.41) is 13.6. The number of amides is 2. The van der Waals surface area contributed by atoms with E-state index in [4.69, 9.17) is 9.84 Å². The van der Waals surface area contributed by atoms with Gasteiger partial charge in [-0.25, -0.2) is 9.59 Å². The van der Waals surface area contributed by atoms with Crippen molar-refractivity contribution >= 4 is 12.2 Å². The van der Waals surface area contributed by atoms with E-state index < -0.39 is 18.4 Å². The maximum Gasteiger partial charge on any atom is 0.409 e. The highest BCUT2D eigenvalue weighted by molar-refractivity contribution is 5.68. The highest BCUT2D eigenvalue weighted by Crippen LogP contribution is 2.05. The lowest BCUT2D eigenvalue weighted by atomic mass is 10.1. The predicted molar refractivity (Wildman–Crippen MR) is 82.3 cm³/mol. The van der Waals surface area contributed by atoms with Crippen LogP contribution in [0, 0.1) is 0 Å². The van der Waals surface area contributed by atoms with Crippen LogP contribution in [0.1, 0.15) is 71.6 Å². The molecule has 0 aliphatic rings. The van der Waals surface area contributed by atoms with Gasteiger partial charge in [0.25, 0.3) is 0 Å². The summed E-state index contributed by atoms with van der Waals surface area (Å²) in [6.07, 6.45) is 6.43. The maximum atomic E-state index is 11.6. The SMILES string of the molecule is CCCCCCCNC(=O)OC(CCCCC)NC(=O)O. The fourth-order valence-corrected chi connectivity index (χ4v) is 1.97. The molecule has 6 nitrogen and oxygen atoms in total. The van der Waals surface area contributed by atoms with Gasteiger partial charge in [0.2, 0.25) is 0 Å². The summed E-state index contributed by atoms with van der Waals surface area (Å²) in [6, 6.07) is 0. The monoisotopic (exact) mass is 302 g/mol. The number of nitrogens with one attached hydrogen (secondary N) is 2. The summed E-state index contributed by atoms with van der Waals surface area (Å²) >= 11 is 0. The van der Waals surface area contributed by atoms with Crippen LogP contribution in [-0.4, -0.2) is 30.1 Å². The number of hydrogen-bond donors (Lipinski definition) is 3. The molecule has 3 N–H and O–H groups in total. The van der Waals surface area contributed by atoms with Crippen LogP contribution in [0.4, 0.5) is 9.59 Å². The molecule has 0 radical (unpaired) electrons. The fourth-order valence-electron chi connectivity index (χ4n) is 1.97. The molecule has 2 amide bonds. The molecule has 0 spiro atoms. The Labute approximate surface area is 127 Å². The second-order valence-electron chi connectivity index (χ2n) is 5.18. The molecule has 0 rings (SSSR count). The highest BCUT2D eigenvalue weighted by Gasteiger charge is 2.15. The van der Waals surface area contributed by atoms with Crippen LogP contribution < -0.4 is 10.6 Å². The van der Waals surface area contributed by atoms with E-state index >= 15 is 0 Å². The van der Waals surface area contributed by atoms with Gasteiger partial charge in [-0.05, 0) is 12.8 Å². The topological polar surface area (TPSA) is 87.7 Å². The van der Waals surface area contributed by atoms with Gasteiger partial charge in [0.15, 0.2) is 6.23 Å². The Hall–Kier alpha value is -1.46. The third-order valence-electron chi connectivity index (χ3n) is 3.15. The molecule has 0 fully saturated rings. The van der Waals surface area contributed by atoms with Crippen molar-refractivity contribution in [2.45, 2.75) is 77.9 Å². The van der Waals surface area contributed by atoms with Gasteiger partial charge in [-0.15, -0.1) is 0 Å². The first-order valence-corrected chi connectivity index (χ1v) is 8.04. The molecule has 0 aromatic heterocycles. The molecule has 0 aromatic rings. The fraction of sp³-hybridized carbons (Fsp3) is 0.867. The van der Waals surface area contributed by atoms with Crippen molar-refractivity contribution in [1.29, 1.82) is 0 Å². The molecule has 0 heterocycles. The zero-order valence-corrected chi connectivity index (χ0v) is 13.3. The number of ether oxygens (including phenoxy) is 1. The number of hydrogen-bond acceptors (Lipinski definition) is 3. The van der Waals surface area contributed by atoms with Crippen molar-refractivity contribution in [2.75, 3.05) is 6.54 Å². The van der Waals surface area contributed by atoms with E-state index in [0.717, 1.165) is 32.1 Å². The van der Waals surface area contributed by atoms with E-state index in [-0.39, 0.29) is 0 Å². The minimum Gasteiger partial charge on any atom is -0.465 e. The zero-order chi connectivity index (χ0) is 15.9. The van der Waals surface area contributed by atoms with Crippen molar-refractivity contribution in [1.82, 2.24) is 10.6 Å². The van der Waals surface area contributed by atoms with E-state index in [1.165, 1.54) is 19.3 Å². The standard InChI is InChI=1S/C15H30N2O4/c1-3-5-7-8-10-12-16-15(20)21-13(17-14(18)19)11-9-6-4-2/h13,17H,3-12H2,1-2H3,(H,16,20)(H,18,19). The smallest absolute Gasteiger partial charge is 0.409 e. The Morgan fingerprint density at radius 1 is 1.00 bits per heavy atom. The number of alkyl carbamates (subject to hydrolysis) is 1. The Kier molecular flexibility index (Phi) is 12.6. The van der Waals surface area contributed by atoms with E-state index in [1.54, 1.807) is 0 Å². The van der Waals surface area contributed by atoms with Gasteiger partial charge < -0.3 is 15.2 Å². The summed E-state index contributed by atoms with van der Waals surface area (Å²) in [6.45, 7) is 4.78. The Morgan fingerprint density at radius 3 is 2.24 bits per heavy atom. The van der Waals surface area contributed by atoms with Crippen molar-refractivity contribution < 1.29 is 19.4 Å². The average Bonchev–Trinajstić information content (AvgIpc) is 2.42. The first-order chi connectivity index (χ1) is 10.1. The van der Waals surface area contributed by atoms with E-state index in [1.807, 2.05) is 0 Å². The molecule has 0 aromatic carbocycles. The summed E-state index contributed by atoms with van der Waals surface area (Å²) in [5.74, 6) is 0. The van der Waals surface area contributed by atoms with E-state index in [2.05, 4.69) is 24.5 Å². The second kappa shape index (κ2) is 13.5. The number of carboxylic acid groups (broad SMARTS) is 1. The Balaban J connectivity index is 3.83. The molecule has 0 aliphatic heterocycles. The predicted octanol–water partition coefficient (Wildman–Crippen LogP) is 3.86. The van der Waals surface area contributed by atoms with Gasteiger partial charge in [0, 0.05) is 13.0 Å². The van der Waals surface area contributed by atoms with Crippen LogP contribution in [0.25, 0.3) is 0 Å². The van der Waals surface area contributed by atoms with Crippen LogP contribution in [0.2, 0.25) is 0 Å². The van der Waals surface area contributed by atoms with Gasteiger partial charge in [0.1, 0.15) is 0 Å². The lowest BCUT2D eigenvalue weighted by Crippen LogP contribution is -2.40. The third-order valence-corrected chi connectivity index (χ3v) is 3.15. The van der Waals surface area contributed by atoms with Gasteiger partial charge >= 0.3 is 12.2 Å². The minimum absolute atomic E-state index is 0.504. The second-order valence-corrected chi connectivity index (χ2v) is 5.18. The van der Waals surface area contributed by atoms with Gasteiger partial charge in [-0.1, -0.05) is 52.4 Å². The largest absolute Gasteiger partial charge is 0.465 e. The molecule has 0 aliphatic carbocycles. The molecule has 124 valence electrons. The third kappa shape index (κ3) is 13.3. The Bertz CT molecular complexity index is 285. The lowest BCUT2D eigenvalue weighted by Gasteiger charge is -2.17. The minimum atomic E-state index is -1.18. The number of rotatable bonds is 12. The van der Waals surface area contributed by atoms with Gasteiger partial charge in [0.05, 0.1) is 0 Å². The summed E-state index contributed by atoms with van der Waals surface area (Å²) in [4.78, 5) is 22.3. The molecule has 1 unspecified atom stereocenters. The van der Waals surface area contributed by atoms with E-state index in [9.17, 15) is 9.59 Å². The molecular weight excluding hydrogens is 272 g/mol. The van der Waals surface area contributed by atoms with Crippen LogP contribution in [0.5, 0.6) is 0 Å². The molecular formula is C15H30N2O4. The molecule has 0 saturated heterocycles. The summed E-state index contributed by atoms with van der Waals surface area (Å²) in [7, 11) is 0. The quantitative estimate of drug-likeness (QED) is 0.377. The zero-order valence-electron chi connectivity index (χ0n) is 13.3. The van der Waals surface area contributed by atoms with Crippen LogP contribution >= 0.6 is 0 Å². The number of unbranched alkanes of at least 4 members (excludes halogenated alkanes) is 6. The highest BCUT2D eigenvalue weighted by atomic mass is 16.6. The maximum absolute atomic E-state index is 11.6. The lowest BCUT2D eigenvalue weighted by molar-refractivity contribution is 0.0699. The first-order valence-electron chi connectivity index (χ1n) is 8.04. The first kappa shape index (κ1) is 19.5. The summed E-state index contributed by atoms with van der Waals surface area (Å²) in [5.41, 5.74) is 0. The molecule has 1 atom stereocenters. The molecule has 6 heteroatoms. The van der Waals surface area contributed by atoms with Crippen LogP contribution in [0.15, 0.2) is 0 Å². The normalized spacial score (nSPS) is 11.7. The molecule has 0 bridgehead atoms. The summed E-state index contributed by atoms with van der Waals surface area (Å²) < 4.78 is 5.09. The van der Waals surface area contributed by atoms with Crippen molar-refractivity contribution in [2.24, 2.45) is 0 Å².